The highest BCUT2D eigenvalue weighted by Gasteiger charge is 2.12. The van der Waals surface area contributed by atoms with Crippen molar-refractivity contribution in [2.24, 2.45) is 0 Å². The van der Waals surface area contributed by atoms with Crippen LogP contribution < -0.4 is 0 Å². The van der Waals surface area contributed by atoms with Gasteiger partial charge in [0.1, 0.15) is 0 Å². The summed E-state index contributed by atoms with van der Waals surface area (Å²) >= 11 is 2.90. The van der Waals surface area contributed by atoms with E-state index in [1.165, 1.54) is 35.2 Å². The van der Waals surface area contributed by atoms with E-state index in [4.69, 9.17) is 0 Å². The zero-order valence-corrected chi connectivity index (χ0v) is 15.8. The van der Waals surface area contributed by atoms with Crippen molar-refractivity contribution in [1.82, 2.24) is 4.98 Å². The summed E-state index contributed by atoms with van der Waals surface area (Å²) in [4.78, 5) is 17.0. The van der Waals surface area contributed by atoms with Crippen molar-refractivity contribution in [3.05, 3.63) is 65.5 Å². The quantitative estimate of drug-likeness (QED) is 0.467. The molecule has 0 fully saturated rings. The maximum Gasteiger partial charge on any atom is 0.175 e. The molecule has 0 radical (unpaired) electrons. The number of hydrogen-bond acceptors (Lipinski definition) is 6. The van der Waals surface area contributed by atoms with Gasteiger partial charge in [0.15, 0.2) is 20.0 Å². The molecule has 0 aliphatic rings. The second-order valence-electron chi connectivity index (χ2n) is 5.37. The molecule has 0 unspecified atom stereocenters. The summed E-state index contributed by atoms with van der Waals surface area (Å²) in [6, 6.07) is 15.9. The van der Waals surface area contributed by atoms with Crippen LogP contribution in [0.3, 0.4) is 0 Å². The van der Waals surface area contributed by atoms with Gasteiger partial charge in [-0.25, -0.2) is 13.4 Å². The van der Waals surface area contributed by atoms with Crippen LogP contribution in [-0.4, -0.2) is 31.2 Å². The average Bonchev–Trinajstić information content (AvgIpc) is 3.09. The second kappa shape index (κ2) is 7.51. The van der Waals surface area contributed by atoms with E-state index in [1.54, 1.807) is 12.1 Å². The highest BCUT2D eigenvalue weighted by molar-refractivity contribution is 8.01. The summed E-state index contributed by atoms with van der Waals surface area (Å²) < 4.78 is 23.7. The maximum absolute atomic E-state index is 12.3. The Kier molecular flexibility index (Phi) is 5.36. The van der Waals surface area contributed by atoms with E-state index in [2.05, 4.69) is 4.98 Å². The third kappa shape index (κ3) is 4.56. The van der Waals surface area contributed by atoms with E-state index in [0.717, 1.165) is 21.9 Å². The van der Waals surface area contributed by atoms with Crippen LogP contribution in [0.25, 0.3) is 11.3 Å². The number of ketones is 1. The Morgan fingerprint density at radius 2 is 1.76 bits per heavy atom. The Balaban J connectivity index is 1.64. The summed E-state index contributed by atoms with van der Waals surface area (Å²) in [5.41, 5.74) is 2.45. The molecule has 0 amide bonds. The first-order valence-electron chi connectivity index (χ1n) is 7.40. The zero-order chi connectivity index (χ0) is 17.9. The van der Waals surface area contributed by atoms with Gasteiger partial charge in [0.05, 0.1) is 16.3 Å². The zero-order valence-electron chi connectivity index (χ0n) is 13.4. The molecular formula is C18H15NO3S3. The molecule has 0 saturated heterocycles. The van der Waals surface area contributed by atoms with Crippen molar-refractivity contribution in [2.45, 2.75) is 9.24 Å². The Hall–Kier alpha value is -1.96. The van der Waals surface area contributed by atoms with Crippen molar-refractivity contribution in [2.75, 3.05) is 12.0 Å². The summed E-state index contributed by atoms with van der Waals surface area (Å²) in [7, 11) is -3.25. The number of carbonyl (C=O) groups is 1. The molecule has 0 spiro atoms. The van der Waals surface area contributed by atoms with Gasteiger partial charge >= 0.3 is 0 Å². The van der Waals surface area contributed by atoms with E-state index in [1.807, 2.05) is 35.7 Å². The van der Waals surface area contributed by atoms with Crippen LogP contribution in [0.5, 0.6) is 0 Å². The first kappa shape index (κ1) is 17.8. The number of thioether (sulfide) groups is 1. The molecule has 0 atom stereocenters. The molecule has 1 heterocycles. The predicted octanol–water partition coefficient (Wildman–Crippen LogP) is 4.19. The van der Waals surface area contributed by atoms with Gasteiger partial charge in [-0.05, 0) is 12.1 Å². The van der Waals surface area contributed by atoms with Crippen molar-refractivity contribution in [3.63, 3.8) is 0 Å². The lowest BCUT2D eigenvalue weighted by Crippen LogP contribution is -2.03. The number of rotatable bonds is 6. The first-order chi connectivity index (χ1) is 11.9. The molecule has 2 aromatic carbocycles. The van der Waals surface area contributed by atoms with Crippen LogP contribution >= 0.6 is 23.1 Å². The monoisotopic (exact) mass is 389 g/mol. The molecule has 25 heavy (non-hydrogen) atoms. The summed E-state index contributed by atoms with van der Waals surface area (Å²) in [5.74, 6) is 0.210. The maximum atomic E-state index is 12.3. The number of sulfone groups is 1. The number of thiazole rings is 1. The lowest BCUT2D eigenvalue weighted by Gasteiger charge is -2.02. The smallest absolute Gasteiger partial charge is 0.175 e. The minimum atomic E-state index is -3.25. The predicted molar refractivity (Wildman–Crippen MR) is 102 cm³/mol. The minimum absolute atomic E-state index is 0.0542. The van der Waals surface area contributed by atoms with Gasteiger partial charge in [0, 0.05) is 22.8 Å². The molecule has 0 bridgehead atoms. The second-order valence-corrected chi connectivity index (χ2v) is 9.47. The molecule has 1 aromatic heterocycles. The van der Waals surface area contributed by atoms with Crippen LogP contribution in [-0.2, 0) is 9.84 Å². The Morgan fingerprint density at radius 3 is 2.40 bits per heavy atom. The molecular weight excluding hydrogens is 374 g/mol. The fourth-order valence-corrected chi connectivity index (χ4v) is 4.52. The van der Waals surface area contributed by atoms with Gasteiger partial charge in [-0.15, -0.1) is 11.3 Å². The highest BCUT2D eigenvalue weighted by atomic mass is 32.2. The fraction of sp³-hybridized carbons (Fsp3) is 0.111. The Labute approximate surface area is 154 Å². The number of benzene rings is 2. The van der Waals surface area contributed by atoms with Gasteiger partial charge in [0.2, 0.25) is 0 Å². The van der Waals surface area contributed by atoms with Crippen LogP contribution in [0.4, 0.5) is 0 Å². The van der Waals surface area contributed by atoms with E-state index in [0.29, 0.717) is 5.56 Å². The van der Waals surface area contributed by atoms with E-state index < -0.39 is 9.84 Å². The fourth-order valence-electron chi connectivity index (χ4n) is 2.16. The number of aromatic nitrogens is 1. The van der Waals surface area contributed by atoms with Gasteiger partial charge in [-0.1, -0.05) is 54.2 Å². The van der Waals surface area contributed by atoms with Crippen LogP contribution in [0, 0.1) is 0 Å². The summed E-state index contributed by atoms with van der Waals surface area (Å²) in [6.07, 6.45) is 1.15. The molecule has 7 heteroatoms. The Morgan fingerprint density at radius 1 is 1.08 bits per heavy atom. The standard InChI is InChI=1S/C18H15NO3S3/c1-25(21,22)15-9-7-14(8-10-15)17(20)12-24-18-19-16(11-23-18)13-5-3-2-4-6-13/h2-11H,12H2,1H3. The number of hydrogen-bond donors (Lipinski definition) is 0. The SMILES string of the molecule is CS(=O)(=O)c1ccc(C(=O)CSc2nc(-c3ccccc3)cs2)cc1. The lowest BCUT2D eigenvalue weighted by atomic mass is 10.1. The molecule has 0 saturated carbocycles. The number of carbonyl (C=O) groups excluding carboxylic acids is 1. The van der Waals surface area contributed by atoms with Gasteiger partial charge < -0.3 is 0 Å². The van der Waals surface area contributed by atoms with Crippen molar-refractivity contribution in [1.29, 1.82) is 0 Å². The molecule has 0 aliphatic carbocycles. The van der Waals surface area contributed by atoms with Crippen LogP contribution in [0.1, 0.15) is 10.4 Å². The third-order valence-electron chi connectivity index (χ3n) is 3.48. The van der Waals surface area contributed by atoms with E-state index in [9.17, 15) is 13.2 Å². The minimum Gasteiger partial charge on any atom is -0.293 e. The normalized spacial score (nSPS) is 11.4. The number of Topliss-reactive ketones (excluding diaryl/α,β-unsaturated/α-hetero) is 1. The highest BCUT2D eigenvalue weighted by Crippen LogP contribution is 2.28. The van der Waals surface area contributed by atoms with Gasteiger partial charge in [-0.3, -0.25) is 4.79 Å². The lowest BCUT2D eigenvalue weighted by molar-refractivity contribution is 0.102. The van der Waals surface area contributed by atoms with E-state index >= 15 is 0 Å². The number of nitrogens with zero attached hydrogens (tertiary/aromatic N) is 1. The molecule has 3 rings (SSSR count). The Bertz CT molecular complexity index is 978. The first-order valence-corrected chi connectivity index (χ1v) is 11.2. The van der Waals surface area contributed by atoms with Crippen molar-refractivity contribution in [3.8, 4) is 11.3 Å². The van der Waals surface area contributed by atoms with Crippen LogP contribution in [0.15, 0.2) is 69.2 Å². The average molecular weight is 390 g/mol. The summed E-state index contributed by atoms with van der Waals surface area (Å²) in [5, 5.41) is 1.98. The van der Waals surface area contributed by atoms with Crippen molar-refractivity contribution >= 4 is 38.7 Å². The molecule has 3 aromatic rings. The summed E-state index contributed by atoms with van der Waals surface area (Å²) in [6.45, 7) is 0. The molecule has 4 nitrogen and oxygen atoms in total. The van der Waals surface area contributed by atoms with Crippen LogP contribution in [0.2, 0.25) is 0 Å². The molecule has 0 N–H and O–H groups in total. The largest absolute Gasteiger partial charge is 0.293 e. The molecule has 0 aliphatic heterocycles. The topological polar surface area (TPSA) is 64.1 Å². The van der Waals surface area contributed by atoms with Gasteiger partial charge in [-0.2, -0.15) is 0 Å². The third-order valence-corrected chi connectivity index (χ3v) is 6.63. The molecule has 128 valence electrons. The van der Waals surface area contributed by atoms with Crippen molar-refractivity contribution < 1.29 is 13.2 Å². The van der Waals surface area contributed by atoms with E-state index in [-0.39, 0.29) is 16.4 Å². The van der Waals surface area contributed by atoms with Gasteiger partial charge in [0.25, 0.3) is 0 Å².